The van der Waals surface area contributed by atoms with E-state index in [-0.39, 0.29) is 24.1 Å². The molecule has 2 rings (SSSR count). The number of rotatable bonds is 5. The smallest absolute Gasteiger partial charge is 0.304 e. The highest BCUT2D eigenvalue weighted by atomic mass is 19.1. The maximum absolute atomic E-state index is 13.3. The van der Waals surface area contributed by atoms with Crippen LogP contribution in [-0.4, -0.2) is 16.9 Å². The van der Waals surface area contributed by atoms with E-state index in [4.69, 9.17) is 5.73 Å². The average molecular weight is 267 g/mol. The van der Waals surface area contributed by atoms with Crippen LogP contribution in [0.3, 0.4) is 0 Å². The van der Waals surface area contributed by atoms with Crippen LogP contribution in [0, 0.1) is 21.8 Å². The zero-order chi connectivity index (χ0) is 14.0. The standard InChI is InChI=1S/C12H14FN3O3/c13-9-5-8(3-4-11(9)16(18)19)15-12(17)6-10(14)7-1-2-7/h3-5,7,10H,1-2,6,14H2,(H,15,17). The van der Waals surface area contributed by atoms with Crippen molar-refractivity contribution in [1.29, 1.82) is 0 Å². The maximum atomic E-state index is 13.3. The third-order valence-electron chi connectivity index (χ3n) is 3.08. The number of carbonyl (C=O) groups is 1. The van der Waals surface area contributed by atoms with Gasteiger partial charge in [0.05, 0.1) is 4.92 Å². The van der Waals surface area contributed by atoms with E-state index >= 15 is 0 Å². The van der Waals surface area contributed by atoms with Crippen molar-refractivity contribution in [2.45, 2.75) is 25.3 Å². The first-order valence-electron chi connectivity index (χ1n) is 5.96. The molecule has 6 nitrogen and oxygen atoms in total. The van der Waals surface area contributed by atoms with Gasteiger partial charge >= 0.3 is 5.69 Å². The summed E-state index contributed by atoms with van der Waals surface area (Å²) in [5.41, 5.74) is 5.38. The van der Waals surface area contributed by atoms with Crippen molar-refractivity contribution in [3.8, 4) is 0 Å². The molecular formula is C12H14FN3O3. The van der Waals surface area contributed by atoms with Crippen molar-refractivity contribution >= 4 is 17.3 Å². The number of hydrogen-bond donors (Lipinski definition) is 2. The zero-order valence-corrected chi connectivity index (χ0v) is 10.1. The van der Waals surface area contributed by atoms with Gasteiger partial charge in [-0.1, -0.05) is 0 Å². The van der Waals surface area contributed by atoms with Crippen LogP contribution in [0.4, 0.5) is 15.8 Å². The lowest BCUT2D eigenvalue weighted by atomic mass is 10.1. The molecule has 1 aromatic rings. The van der Waals surface area contributed by atoms with Crippen LogP contribution in [0.2, 0.25) is 0 Å². The Morgan fingerprint density at radius 3 is 2.79 bits per heavy atom. The molecule has 1 unspecified atom stereocenters. The van der Waals surface area contributed by atoms with Crippen LogP contribution < -0.4 is 11.1 Å². The van der Waals surface area contributed by atoms with Crippen LogP contribution in [0.1, 0.15) is 19.3 Å². The molecule has 0 radical (unpaired) electrons. The van der Waals surface area contributed by atoms with Gasteiger partial charge in [-0.25, -0.2) is 0 Å². The maximum Gasteiger partial charge on any atom is 0.304 e. The van der Waals surface area contributed by atoms with E-state index in [2.05, 4.69) is 5.32 Å². The van der Waals surface area contributed by atoms with Crippen molar-refractivity contribution in [2.24, 2.45) is 11.7 Å². The molecule has 0 aliphatic heterocycles. The fraction of sp³-hybridized carbons (Fsp3) is 0.417. The first-order chi connectivity index (χ1) is 8.97. The lowest BCUT2D eigenvalue weighted by Crippen LogP contribution is -2.28. The quantitative estimate of drug-likeness (QED) is 0.627. The summed E-state index contributed by atoms with van der Waals surface area (Å²) in [5.74, 6) is -0.888. The molecule has 1 aliphatic carbocycles. The number of nitro groups is 1. The molecule has 0 heterocycles. The van der Waals surface area contributed by atoms with Gasteiger partial charge in [-0.05, 0) is 24.8 Å². The van der Waals surface area contributed by atoms with Gasteiger partial charge < -0.3 is 11.1 Å². The highest BCUT2D eigenvalue weighted by molar-refractivity contribution is 5.91. The third kappa shape index (κ3) is 3.47. The lowest BCUT2D eigenvalue weighted by Gasteiger charge is -2.10. The van der Waals surface area contributed by atoms with Gasteiger partial charge in [0.2, 0.25) is 11.7 Å². The number of nitrogens with zero attached hydrogens (tertiary/aromatic N) is 1. The normalized spacial score (nSPS) is 15.9. The van der Waals surface area contributed by atoms with E-state index in [1.807, 2.05) is 0 Å². The summed E-state index contributed by atoms with van der Waals surface area (Å²) >= 11 is 0. The fourth-order valence-electron chi connectivity index (χ4n) is 1.85. The monoisotopic (exact) mass is 267 g/mol. The number of hydrogen-bond acceptors (Lipinski definition) is 4. The van der Waals surface area contributed by atoms with Gasteiger partial charge in [-0.15, -0.1) is 0 Å². The topological polar surface area (TPSA) is 98.3 Å². The summed E-state index contributed by atoms with van der Waals surface area (Å²) in [7, 11) is 0. The lowest BCUT2D eigenvalue weighted by molar-refractivity contribution is -0.387. The predicted octanol–water partition coefficient (Wildman–Crippen LogP) is 1.80. The Balaban J connectivity index is 1.96. The predicted molar refractivity (Wildman–Crippen MR) is 67.0 cm³/mol. The molecule has 7 heteroatoms. The molecule has 1 fully saturated rings. The van der Waals surface area contributed by atoms with Crippen molar-refractivity contribution in [3.63, 3.8) is 0 Å². The summed E-state index contributed by atoms with van der Waals surface area (Å²) in [5, 5.41) is 12.9. The summed E-state index contributed by atoms with van der Waals surface area (Å²) < 4.78 is 13.3. The molecule has 1 aliphatic rings. The number of benzene rings is 1. The van der Waals surface area contributed by atoms with E-state index in [1.54, 1.807) is 0 Å². The van der Waals surface area contributed by atoms with Crippen molar-refractivity contribution in [2.75, 3.05) is 5.32 Å². The second-order valence-corrected chi connectivity index (χ2v) is 4.68. The Bertz CT molecular complexity index is 517. The van der Waals surface area contributed by atoms with Crippen molar-refractivity contribution < 1.29 is 14.1 Å². The number of nitrogens with two attached hydrogens (primary N) is 1. The summed E-state index contributed by atoms with van der Waals surface area (Å²) in [6, 6.07) is 3.06. The number of halogens is 1. The minimum Gasteiger partial charge on any atom is -0.327 e. The molecular weight excluding hydrogens is 253 g/mol. The Kier molecular flexibility index (Phi) is 3.75. The molecule has 1 aromatic carbocycles. The summed E-state index contributed by atoms with van der Waals surface area (Å²) in [4.78, 5) is 21.3. The highest BCUT2D eigenvalue weighted by Crippen LogP contribution is 2.32. The molecule has 0 spiro atoms. The van der Waals surface area contributed by atoms with Gasteiger partial charge in [0.25, 0.3) is 0 Å². The Labute approximate surface area is 108 Å². The van der Waals surface area contributed by atoms with E-state index in [9.17, 15) is 19.3 Å². The molecule has 3 N–H and O–H groups in total. The minimum atomic E-state index is -0.978. The Morgan fingerprint density at radius 2 is 2.26 bits per heavy atom. The van der Waals surface area contributed by atoms with Crippen molar-refractivity contribution in [1.82, 2.24) is 0 Å². The molecule has 1 saturated carbocycles. The second kappa shape index (κ2) is 5.31. The Morgan fingerprint density at radius 1 is 1.58 bits per heavy atom. The van der Waals surface area contributed by atoms with Crippen molar-refractivity contribution in [3.05, 3.63) is 34.1 Å². The number of carbonyl (C=O) groups excluding carboxylic acids is 1. The van der Waals surface area contributed by atoms with Crippen LogP contribution in [-0.2, 0) is 4.79 Å². The van der Waals surface area contributed by atoms with E-state index < -0.39 is 16.4 Å². The molecule has 102 valence electrons. The summed E-state index contributed by atoms with van der Waals surface area (Å²) in [6.07, 6.45) is 2.25. The van der Waals surface area contributed by atoms with Crippen LogP contribution in [0.25, 0.3) is 0 Å². The van der Waals surface area contributed by atoms with Crippen LogP contribution in [0.15, 0.2) is 18.2 Å². The largest absolute Gasteiger partial charge is 0.327 e. The average Bonchev–Trinajstić information content (AvgIpc) is 3.11. The molecule has 1 amide bonds. The first-order valence-corrected chi connectivity index (χ1v) is 5.96. The number of nitro benzene ring substituents is 1. The fourth-order valence-corrected chi connectivity index (χ4v) is 1.85. The van der Waals surface area contributed by atoms with Crippen LogP contribution in [0.5, 0.6) is 0 Å². The van der Waals surface area contributed by atoms with E-state index in [0.29, 0.717) is 5.92 Å². The molecule has 0 bridgehead atoms. The van der Waals surface area contributed by atoms with Gasteiger partial charge in [0.1, 0.15) is 0 Å². The first kappa shape index (κ1) is 13.4. The zero-order valence-electron chi connectivity index (χ0n) is 10.1. The Hall–Kier alpha value is -2.02. The van der Waals surface area contributed by atoms with E-state index in [0.717, 1.165) is 25.0 Å². The third-order valence-corrected chi connectivity index (χ3v) is 3.08. The van der Waals surface area contributed by atoms with Gasteiger partial charge in [0.15, 0.2) is 0 Å². The SMILES string of the molecule is NC(CC(=O)Nc1ccc([N+](=O)[O-])c(F)c1)C1CC1. The van der Waals surface area contributed by atoms with Gasteiger partial charge in [-0.3, -0.25) is 14.9 Å². The molecule has 0 aromatic heterocycles. The molecule has 19 heavy (non-hydrogen) atoms. The molecule has 0 saturated heterocycles. The van der Waals surface area contributed by atoms with Crippen LogP contribution >= 0.6 is 0 Å². The highest BCUT2D eigenvalue weighted by Gasteiger charge is 2.29. The second-order valence-electron chi connectivity index (χ2n) is 4.68. The number of amides is 1. The van der Waals surface area contributed by atoms with Gasteiger partial charge in [-0.2, -0.15) is 4.39 Å². The van der Waals surface area contributed by atoms with Gasteiger partial charge in [0, 0.05) is 30.3 Å². The summed E-state index contributed by atoms with van der Waals surface area (Å²) in [6.45, 7) is 0. The van der Waals surface area contributed by atoms with E-state index in [1.165, 1.54) is 6.07 Å². The molecule has 1 atom stereocenters. The minimum absolute atomic E-state index is 0.170. The number of nitrogens with one attached hydrogen (secondary N) is 1. The number of anilines is 1.